The van der Waals surface area contributed by atoms with Gasteiger partial charge in [-0.3, -0.25) is 0 Å². The van der Waals surface area contributed by atoms with Crippen LogP contribution in [-0.4, -0.2) is 6.54 Å². The molecule has 1 aromatic rings. The first-order valence-corrected chi connectivity index (χ1v) is 4.85. The maximum absolute atomic E-state index is 5.51. The van der Waals surface area contributed by atoms with Gasteiger partial charge >= 0.3 is 0 Å². The summed E-state index contributed by atoms with van der Waals surface area (Å²) in [6.07, 6.45) is 1.18. The van der Waals surface area contributed by atoms with E-state index < -0.39 is 0 Å². The summed E-state index contributed by atoms with van der Waals surface area (Å²) in [5.41, 5.74) is 8.02. The van der Waals surface area contributed by atoms with Crippen LogP contribution in [0, 0.1) is 0 Å². The van der Waals surface area contributed by atoms with E-state index in [9.17, 15) is 0 Å². The molecule has 0 fully saturated rings. The Hall–Kier alpha value is -0.860. The third-order valence-electron chi connectivity index (χ3n) is 2.01. The molecule has 0 bridgehead atoms. The summed E-state index contributed by atoms with van der Waals surface area (Å²) in [4.78, 5) is 0. The lowest BCUT2D eigenvalue weighted by atomic mass is 10.1. The van der Waals surface area contributed by atoms with Gasteiger partial charge < -0.3 is 11.1 Å². The topological polar surface area (TPSA) is 38.0 Å². The Labute approximate surface area is 80.1 Å². The molecular formula is C11H18N2. The molecule has 0 radical (unpaired) electrons. The van der Waals surface area contributed by atoms with E-state index in [4.69, 9.17) is 5.73 Å². The molecule has 0 unspecified atom stereocenters. The number of hydrogen-bond acceptors (Lipinski definition) is 2. The zero-order valence-electron chi connectivity index (χ0n) is 8.22. The van der Waals surface area contributed by atoms with Gasteiger partial charge in [-0.25, -0.2) is 0 Å². The van der Waals surface area contributed by atoms with Crippen LogP contribution in [0.5, 0.6) is 0 Å². The maximum atomic E-state index is 5.51. The fraction of sp³-hybridized carbons (Fsp3) is 0.455. The fourth-order valence-electron chi connectivity index (χ4n) is 1.20. The van der Waals surface area contributed by atoms with Crippen molar-refractivity contribution in [2.45, 2.75) is 26.4 Å². The second-order valence-electron chi connectivity index (χ2n) is 3.20. The van der Waals surface area contributed by atoms with Gasteiger partial charge in [-0.2, -0.15) is 0 Å². The Morgan fingerprint density at radius 2 is 1.77 bits per heavy atom. The van der Waals surface area contributed by atoms with Crippen LogP contribution >= 0.6 is 0 Å². The zero-order valence-corrected chi connectivity index (χ0v) is 8.22. The Balaban J connectivity index is 2.40. The summed E-state index contributed by atoms with van der Waals surface area (Å²) in [5.74, 6) is 0. The fourth-order valence-corrected chi connectivity index (χ4v) is 1.20. The molecule has 1 rings (SSSR count). The average Bonchev–Trinajstić information content (AvgIpc) is 2.19. The highest BCUT2D eigenvalue weighted by Crippen LogP contribution is 2.02. The molecular weight excluding hydrogens is 160 g/mol. The molecule has 0 amide bonds. The Kier molecular flexibility index (Phi) is 4.50. The van der Waals surface area contributed by atoms with Crippen molar-refractivity contribution in [2.75, 3.05) is 6.54 Å². The first kappa shape index (κ1) is 10.2. The van der Waals surface area contributed by atoms with Crippen molar-refractivity contribution in [3.63, 3.8) is 0 Å². The monoisotopic (exact) mass is 178 g/mol. The molecule has 2 nitrogen and oxygen atoms in total. The predicted molar refractivity (Wildman–Crippen MR) is 56.3 cm³/mol. The van der Waals surface area contributed by atoms with Crippen LogP contribution in [0.4, 0.5) is 0 Å². The standard InChI is InChI=1S/C11H18N2/c1-2-7-13-9-11-5-3-10(8-12)4-6-11/h3-6,13H,2,7-9,12H2,1H3. The van der Waals surface area contributed by atoms with E-state index in [-0.39, 0.29) is 0 Å². The van der Waals surface area contributed by atoms with Crippen LogP contribution in [-0.2, 0) is 13.1 Å². The van der Waals surface area contributed by atoms with Gasteiger partial charge in [0.1, 0.15) is 0 Å². The first-order chi connectivity index (χ1) is 6.36. The molecule has 0 atom stereocenters. The average molecular weight is 178 g/mol. The van der Waals surface area contributed by atoms with Crippen LogP contribution < -0.4 is 11.1 Å². The van der Waals surface area contributed by atoms with Crippen LogP contribution in [0.1, 0.15) is 24.5 Å². The van der Waals surface area contributed by atoms with Gasteiger partial charge in [0.25, 0.3) is 0 Å². The number of hydrogen-bond donors (Lipinski definition) is 2. The molecule has 0 aliphatic carbocycles. The predicted octanol–water partition coefficient (Wildman–Crippen LogP) is 1.64. The van der Waals surface area contributed by atoms with Crippen molar-refractivity contribution in [1.29, 1.82) is 0 Å². The van der Waals surface area contributed by atoms with E-state index in [1.165, 1.54) is 17.5 Å². The molecule has 72 valence electrons. The van der Waals surface area contributed by atoms with Crippen LogP contribution in [0.2, 0.25) is 0 Å². The van der Waals surface area contributed by atoms with Crippen molar-refractivity contribution in [2.24, 2.45) is 5.73 Å². The molecule has 0 aliphatic rings. The number of benzene rings is 1. The number of nitrogens with two attached hydrogens (primary N) is 1. The number of rotatable bonds is 5. The van der Waals surface area contributed by atoms with Crippen LogP contribution in [0.3, 0.4) is 0 Å². The van der Waals surface area contributed by atoms with Gasteiger partial charge in [0.2, 0.25) is 0 Å². The quantitative estimate of drug-likeness (QED) is 0.673. The summed E-state index contributed by atoms with van der Waals surface area (Å²) in [6, 6.07) is 8.43. The normalized spacial score (nSPS) is 10.3. The smallest absolute Gasteiger partial charge is 0.0205 e. The van der Waals surface area contributed by atoms with Crippen molar-refractivity contribution in [3.8, 4) is 0 Å². The van der Waals surface area contributed by atoms with E-state index in [0.29, 0.717) is 6.54 Å². The largest absolute Gasteiger partial charge is 0.326 e. The molecule has 0 saturated carbocycles. The lowest BCUT2D eigenvalue weighted by Gasteiger charge is -2.03. The van der Waals surface area contributed by atoms with Gasteiger partial charge in [0, 0.05) is 13.1 Å². The molecule has 0 saturated heterocycles. The highest BCUT2D eigenvalue weighted by molar-refractivity contribution is 5.22. The third-order valence-corrected chi connectivity index (χ3v) is 2.01. The van der Waals surface area contributed by atoms with Crippen molar-refractivity contribution < 1.29 is 0 Å². The number of nitrogens with one attached hydrogen (secondary N) is 1. The van der Waals surface area contributed by atoms with Crippen LogP contribution in [0.15, 0.2) is 24.3 Å². The minimum atomic E-state index is 0.628. The third kappa shape index (κ3) is 3.57. The van der Waals surface area contributed by atoms with Gasteiger partial charge in [-0.05, 0) is 24.1 Å². The molecule has 0 heterocycles. The van der Waals surface area contributed by atoms with E-state index in [0.717, 1.165) is 13.1 Å². The van der Waals surface area contributed by atoms with E-state index in [1.807, 2.05) is 0 Å². The van der Waals surface area contributed by atoms with Gasteiger partial charge in [0.05, 0.1) is 0 Å². The summed E-state index contributed by atoms with van der Waals surface area (Å²) in [6.45, 7) is 4.84. The van der Waals surface area contributed by atoms with E-state index in [1.54, 1.807) is 0 Å². The van der Waals surface area contributed by atoms with E-state index >= 15 is 0 Å². The lowest BCUT2D eigenvalue weighted by Crippen LogP contribution is -2.13. The van der Waals surface area contributed by atoms with E-state index in [2.05, 4.69) is 36.5 Å². The molecule has 13 heavy (non-hydrogen) atoms. The van der Waals surface area contributed by atoms with Gasteiger partial charge in [0.15, 0.2) is 0 Å². The Morgan fingerprint density at radius 1 is 1.15 bits per heavy atom. The molecule has 0 aliphatic heterocycles. The molecule has 2 heteroatoms. The minimum Gasteiger partial charge on any atom is -0.326 e. The van der Waals surface area contributed by atoms with Crippen molar-refractivity contribution >= 4 is 0 Å². The van der Waals surface area contributed by atoms with Gasteiger partial charge in [-0.15, -0.1) is 0 Å². The van der Waals surface area contributed by atoms with Crippen molar-refractivity contribution in [3.05, 3.63) is 35.4 Å². The summed E-state index contributed by atoms with van der Waals surface area (Å²) >= 11 is 0. The first-order valence-electron chi connectivity index (χ1n) is 4.85. The Morgan fingerprint density at radius 3 is 2.31 bits per heavy atom. The summed E-state index contributed by atoms with van der Waals surface area (Å²) in [7, 11) is 0. The second kappa shape index (κ2) is 5.73. The molecule has 1 aromatic carbocycles. The molecule has 0 aromatic heterocycles. The second-order valence-corrected chi connectivity index (χ2v) is 3.20. The zero-order chi connectivity index (χ0) is 9.52. The highest BCUT2D eigenvalue weighted by Gasteiger charge is 1.92. The lowest BCUT2D eigenvalue weighted by molar-refractivity contribution is 0.675. The molecule has 0 spiro atoms. The molecule has 3 N–H and O–H groups in total. The Bertz CT molecular complexity index is 228. The highest BCUT2D eigenvalue weighted by atomic mass is 14.8. The SMILES string of the molecule is CCCNCc1ccc(CN)cc1. The summed E-state index contributed by atoms with van der Waals surface area (Å²) < 4.78 is 0. The van der Waals surface area contributed by atoms with Gasteiger partial charge in [-0.1, -0.05) is 31.2 Å². The summed E-state index contributed by atoms with van der Waals surface area (Å²) in [5, 5.41) is 3.36. The minimum absolute atomic E-state index is 0.628. The van der Waals surface area contributed by atoms with Crippen molar-refractivity contribution in [1.82, 2.24) is 5.32 Å². The maximum Gasteiger partial charge on any atom is 0.0205 e. The van der Waals surface area contributed by atoms with Crippen LogP contribution in [0.25, 0.3) is 0 Å².